The van der Waals surface area contributed by atoms with Crippen LogP contribution in [0.2, 0.25) is 18.1 Å². The van der Waals surface area contributed by atoms with Crippen LogP contribution in [0.25, 0.3) is 20.9 Å². The fourth-order valence-corrected chi connectivity index (χ4v) is 15.8. The highest BCUT2D eigenvalue weighted by Crippen LogP contribution is 2.66. The van der Waals surface area contributed by atoms with E-state index in [4.69, 9.17) is 0 Å². The molecule has 5 rings (SSSR count). The van der Waals surface area contributed by atoms with Gasteiger partial charge in [-0.15, -0.1) is 11.3 Å². The van der Waals surface area contributed by atoms with Gasteiger partial charge in [0.2, 0.25) is 0 Å². The van der Waals surface area contributed by atoms with E-state index in [2.05, 4.69) is 0 Å². The zero-order valence-corrected chi connectivity index (χ0v) is 26.6. The standard InChI is InChI=1S/C32H30F6O2S2Si/c1-5-43(6-2,7-3)29-24(19-26(42(29,39)40)22-16-12-9-13-17-22)28-27(30(33,34)32(37,38)31(28,35)36)23-18-25(41-20(23)4)21-14-10-8-11-15-21/h8-19H,5-7H2,1-4H3. The van der Waals surface area contributed by atoms with Crippen molar-refractivity contribution in [1.29, 1.82) is 0 Å². The summed E-state index contributed by atoms with van der Waals surface area (Å²) in [6.07, 6.45) is 0.934. The van der Waals surface area contributed by atoms with Gasteiger partial charge in [0, 0.05) is 25.4 Å². The van der Waals surface area contributed by atoms with Gasteiger partial charge in [-0.3, -0.25) is 0 Å². The zero-order valence-electron chi connectivity index (χ0n) is 24.0. The Labute approximate surface area is 252 Å². The van der Waals surface area contributed by atoms with E-state index in [0.717, 1.165) is 17.4 Å². The number of benzene rings is 2. The van der Waals surface area contributed by atoms with Gasteiger partial charge >= 0.3 is 17.8 Å². The third kappa shape index (κ3) is 4.44. The van der Waals surface area contributed by atoms with Crippen LogP contribution >= 0.6 is 11.3 Å². The Kier molecular flexibility index (Phi) is 7.79. The highest BCUT2D eigenvalue weighted by Gasteiger charge is 2.81. The molecule has 0 N–H and O–H groups in total. The molecule has 0 unspecified atom stereocenters. The molecular weight excluding hydrogens is 623 g/mol. The summed E-state index contributed by atoms with van der Waals surface area (Å²) in [7, 11) is -7.68. The van der Waals surface area contributed by atoms with Crippen molar-refractivity contribution in [3.05, 3.63) is 104 Å². The molecule has 43 heavy (non-hydrogen) atoms. The van der Waals surface area contributed by atoms with Gasteiger partial charge in [-0.2, -0.15) is 26.3 Å². The number of aryl methyl sites for hydroxylation is 1. The fraction of sp³-hybridized carbons (Fsp3) is 0.312. The lowest BCUT2D eigenvalue weighted by molar-refractivity contribution is -0.259. The van der Waals surface area contributed by atoms with E-state index in [1.807, 2.05) is 0 Å². The summed E-state index contributed by atoms with van der Waals surface area (Å²) in [6, 6.07) is 18.4. The van der Waals surface area contributed by atoms with Gasteiger partial charge in [-0.1, -0.05) is 99.6 Å². The lowest BCUT2D eigenvalue weighted by Gasteiger charge is -2.32. The summed E-state index contributed by atoms with van der Waals surface area (Å²) in [4.78, 5) is 0.223. The number of thiophene rings is 1. The molecule has 1 aromatic heterocycles. The van der Waals surface area contributed by atoms with Gasteiger partial charge in [-0.25, -0.2) is 8.42 Å². The van der Waals surface area contributed by atoms with Crippen molar-refractivity contribution < 1.29 is 34.8 Å². The molecule has 0 saturated heterocycles. The number of allylic oxidation sites excluding steroid dienone is 4. The largest absolute Gasteiger partial charge is 0.380 e. The van der Waals surface area contributed by atoms with Crippen molar-refractivity contribution in [2.75, 3.05) is 0 Å². The first kappa shape index (κ1) is 31.5. The second-order valence-electron chi connectivity index (χ2n) is 10.9. The monoisotopic (exact) mass is 652 g/mol. The van der Waals surface area contributed by atoms with E-state index in [0.29, 0.717) is 28.6 Å². The highest BCUT2D eigenvalue weighted by atomic mass is 32.2. The number of halogens is 6. The Bertz CT molecular complexity index is 1760. The Morgan fingerprint density at radius 2 is 1.23 bits per heavy atom. The molecule has 0 atom stereocenters. The number of sulfone groups is 1. The first-order valence-corrected chi connectivity index (χ1v) is 18.9. The SMILES string of the molecule is CC[Si](CC)(CC)C1=C(C2=C(c3cc(-c4ccccc4)sc3C)C(F)(F)C(F)(F)C2(F)F)C=C(c2ccccc2)S1(=O)=O. The predicted molar refractivity (Wildman–Crippen MR) is 164 cm³/mol. The van der Waals surface area contributed by atoms with E-state index in [-0.39, 0.29) is 19.9 Å². The highest BCUT2D eigenvalue weighted by molar-refractivity contribution is 8.06. The molecule has 228 valence electrons. The molecule has 2 aliphatic rings. The third-order valence-corrected chi connectivity index (χ3v) is 19.0. The van der Waals surface area contributed by atoms with Crippen molar-refractivity contribution >= 4 is 39.7 Å². The average Bonchev–Trinajstić information content (AvgIpc) is 3.52. The van der Waals surface area contributed by atoms with Crippen LogP contribution in [0, 0.1) is 6.92 Å². The first-order valence-electron chi connectivity index (χ1n) is 13.9. The molecule has 0 amide bonds. The van der Waals surface area contributed by atoms with Crippen LogP contribution in [0.4, 0.5) is 26.3 Å². The Balaban J connectivity index is 1.95. The van der Waals surface area contributed by atoms with Gasteiger partial charge in [0.15, 0.2) is 9.84 Å². The number of alkyl halides is 6. The van der Waals surface area contributed by atoms with Gasteiger partial charge in [0.25, 0.3) is 0 Å². The second-order valence-corrected chi connectivity index (χ2v) is 19.5. The van der Waals surface area contributed by atoms with E-state index in [1.54, 1.807) is 69.3 Å². The molecule has 2 nitrogen and oxygen atoms in total. The van der Waals surface area contributed by atoms with Crippen LogP contribution in [0.3, 0.4) is 0 Å². The number of rotatable bonds is 8. The molecule has 3 aromatic rings. The van der Waals surface area contributed by atoms with E-state index in [9.17, 15) is 8.42 Å². The second kappa shape index (κ2) is 10.6. The maximum absolute atomic E-state index is 16.1. The summed E-state index contributed by atoms with van der Waals surface area (Å²) in [5.41, 5.74) is -3.49. The molecule has 1 aliphatic heterocycles. The summed E-state index contributed by atoms with van der Waals surface area (Å²) in [5, 5.41) is 0. The smallest absolute Gasteiger partial charge is 0.219 e. The lowest BCUT2D eigenvalue weighted by atomic mass is 9.94. The van der Waals surface area contributed by atoms with Crippen LogP contribution in [0.1, 0.15) is 36.8 Å². The minimum Gasteiger partial charge on any atom is -0.219 e. The Morgan fingerprint density at radius 3 is 1.74 bits per heavy atom. The molecule has 0 spiro atoms. The van der Waals surface area contributed by atoms with Crippen LogP contribution in [0.15, 0.2) is 88.5 Å². The minimum atomic E-state index is -5.80. The quantitative estimate of drug-likeness (QED) is 0.179. The van der Waals surface area contributed by atoms with Crippen LogP contribution in [-0.2, 0) is 9.84 Å². The van der Waals surface area contributed by atoms with E-state index < -0.39 is 58.0 Å². The molecule has 0 radical (unpaired) electrons. The number of hydrogen-bond donors (Lipinski definition) is 0. The number of hydrogen-bond acceptors (Lipinski definition) is 3. The van der Waals surface area contributed by atoms with Crippen molar-refractivity contribution in [2.45, 2.75) is 63.6 Å². The van der Waals surface area contributed by atoms with Crippen LogP contribution < -0.4 is 0 Å². The molecule has 11 heteroatoms. The zero-order chi connectivity index (χ0) is 31.6. The van der Waals surface area contributed by atoms with E-state index in [1.165, 1.54) is 25.1 Å². The molecular formula is C32H30F6O2S2Si. The summed E-state index contributed by atoms with van der Waals surface area (Å²) in [5.74, 6) is -16.4. The maximum atomic E-state index is 16.1. The lowest BCUT2D eigenvalue weighted by Crippen LogP contribution is -2.49. The average molecular weight is 653 g/mol. The molecule has 2 heterocycles. The Hall–Kier alpha value is -2.89. The predicted octanol–water partition coefficient (Wildman–Crippen LogP) is 10.2. The fourth-order valence-electron chi connectivity index (χ4n) is 6.27. The van der Waals surface area contributed by atoms with Crippen molar-refractivity contribution in [2.24, 2.45) is 0 Å². The van der Waals surface area contributed by atoms with Gasteiger partial charge < -0.3 is 0 Å². The van der Waals surface area contributed by atoms with Gasteiger partial charge in [-0.05, 0) is 41.3 Å². The molecule has 0 bridgehead atoms. The van der Waals surface area contributed by atoms with E-state index >= 15 is 26.3 Å². The molecule has 2 aromatic carbocycles. The van der Waals surface area contributed by atoms with Crippen LogP contribution in [0.5, 0.6) is 0 Å². The summed E-state index contributed by atoms with van der Waals surface area (Å²) >= 11 is 1.02. The normalized spacial score (nSPS) is 20.6. The maximum Gasteiger partial charge on any atom is 0.380 e. The first-order chi connectivity index (χ1) is 20.1. The molecule has 0 saturated carbocycles. The van der Waals surface area contributed by atoms with Crippen molar-refractivity contribution in [3.8, 4) is 10.4 Å². The summed E-state index contributed by atoms with van der Waals surface area (Å²) in [6.45, 7) is 6.62. The third-order valence-electron chi connectivity index (χ3n) is 8.83. The van der Waals surface area contributed by atoms with Crippen molar-refractivity contribution in [3.63, 3.8) is 0 Å². The van der Waals surface area contributed by atoms with Crippen LogP contribution in [-0.4, -0.2) is 34.3 Å². The topological polar surface area (TPSA) is 34.1 Å². The Morgan fingerprint density at radius 1 is 0.744 bits per heavy atom. The van der Waals surface area contributed by atoms with Gasteiger partial charge in [0.05, 0.1) is 4.91 Å². The minimum absolute atomic E-state index is 0.139. The molecule has 0 fully saturated rings. The summed E-state index contributed by atoms with van der Waals surface area (Å²) < 4.78 is 123. The van der Waals surface area contributed by atoms with Gasteiger partial charge in [0.1, 0.15) is 8.07 Å². The molecule has 1 aliphatic carbocycles. The van der Waals surface area contributed by atoms with Crippen molar-refractivity contribution in [1.82, 2.24) is 0 Å².